The average Bonchev–Trinajstić information content (AvgIpc) is 2.73. The Morgan fingerprint density at radius 2 is 1.97 bits per heavy atom. The number of pyridine rings is 1. The van der Waals surface area contributed by atoms with Crippen molar-refractivity contribution in [3.8, 4) is 6.07 Å². The van der Waals surface area contributed by atoms with Crippen LogP contribution in [-0.2, 0) is 11.3 Å². The summed E-state index contributed by atoms with van der Waals surface area (Å²) >= 11 is 0. The lowest BCUT2D eigenvalue weighted by Gasteiger charge is -2.34. The number of H-pyrrole nitrogens is 1. The minimum atomic E-state index is -1.12. The highest BCUT2D eigenvalue weighted by Gasteiger charge is 2.31. The Balaban J connectivity index is 1.85. The number of halogens is 2. The topological polar surface area (TPSA) is 86.2 Å². The summed E-state index contributed by atoms with van der Waals surface area (Å²) in [7, 11) is 1.56. The van der Waals surface area contributed by atoms with E-state index >= 15 is 0 Å². The van der Waals surface area contributed by atoms with E-state index in [-0.39, 0.29) is 29.9 Å². The van der Waals surface area contributed by atoms with Crippen LogP contribution in [0.5, 0.6) is 0 Å². The van der Waals surface area contributed by atoms with Crippen molar-refractivity contribution in [3.63, 3.8) is 0 Å². The number of carbonyl (C=O) groups excluding carboxylic acids is 1. The summed E-state index contributed by atoms with van der Waals surface area (Å²) < 4.78 is 33.2. The second-order valence-electron chi connectivity index (χ2n) is 6.80. The lowest BCUT2D eigenvalue weighted by Crippen LogP contribution is -2.37. The van der Waals surface area contributed by atoms with Crippen LogP contribution in [0, 0.1) is 23.0 Å². The third kappa shape index (κ3) is 3.15. The minimum absolute atomic E-state index is 0.00174. The molecule has 29 heavy (non-hydrogen) atoms. The van der Waals surface area contributed by atoms with Gasteiger partial charge in [-0.15, -0.1) is 0 Å². The number of hydrogen-bond acceptors (Lipinski definition) is 4. The van der Waals surface area contributed by atoms with Crippen molar-refractivity contribution in [2.45, 2.75) is 12.6 Å². The van der Waals surface area contributed by atoms with Gasteiger partial charge in [0.2, 0.25) is 0 Å². The summed E-state index contributed by atoms with van der Waals surface area (Å²) in [6.07, 6.45) is 0. The summed E-state index contributed by atoms with van der Waals surface area (Å²) in [6, 6.07) is 9.44. The van der Waals surface area contributed by atoms with Crippen molar-refractivity contribution in [3.05, 3.63) is 80.8 Å². The highest BCUT2D eigenvalue weighted by atomic mass is 19.2. The van der Waals surface area contributed by atoms with Gasteiger partial charge in [0.05, 0.1) is 36.3 Å². The molecule has 1 atom stereocenters. The van der Waals surface area contributed by atoms with Crippen LogP contribution < -0.4 is 5.56 Å². The molecule has 2 heterocycles. The quantitative estimate of drug-likeness (QED) is 0.723. The van der Waals surface area contributed by atoms with E-state index in [1.54, 1.807) is 25.2 Å². The Hall–Kier alpha value is -3.57. The maximum Gasteiger partial charge on any atom is 0.256 e. The highest BCUT2D eigenvalue weighted by molar-refractivity contribution is 5.95. The van der Waals surface area contributed by atoms with Crippen LogP contribution in [0.3, 0.4) is 0 Å². The van der Waals surface area contributed by atoms with E-state index < -0.39 is 23.2 Å². The number of nitrogens with zero attached hydrogens (tertiary/aromatic N) is 2. The maximum absolute atomic E-state index is 14.0. The number of aromatic amines is 1. The molecule has 0 saturated carbocycles. The number of nitrogens with one attached hydrogen (secondary N) is 1. The predicted molar refractivity (Wildman–Crippen MR) is 100 cm³/mol. The fourth-order valence-electron chi connectivity index (χ4n) is 3.61. The van der Waals surface area contributed by atoms with Crippen molar-refractivity contribution in [1.82, 2.24) is 9.88 Å². The standard InChI is InChI=1S/C21H15F2N3O3/c1-26(21(28)12-4-2-3-11(5-12)8-24)18-10-29-9-17-19(18)13-6-15(22)16(23)7-14(13)20(27)25-17/h2-7,18H,9-10H2,1H3,(H,25,27)/t18-/m0/s1. The minimum Gasteiger partial charge on any atom is -0.373 e. The van der Waals surface area contributed by atoms with E-state index in [1.165, 1.54) is 11.0 Å². The molecule has 0 radical (unpaired) electrons. The van der Waals surface area contributed by atoms with E-state index in [0.717, 1.165) is 12.1 Å². The van der Waals surface area contributed by atoms with E-state index in [1.807, 2.05) is 6.07 Å². The average molecular weight is 395 g/mol. The van der Waals surface area contributed by atoms with Gasteiger partial charge in [0, 0.05) is 23.9 Å². The van der Waals surface area contributed by atoms with Crippen molar-refractivity contribution in [1.29, 1.82) is 5.26 Å². The van der Waals surface area contributed by atoms with Gasteiger partial charge in [-0.1, -0.05) is 6.07 Å². The molecule has 1 amide bonds. The molecule has 146 valence electrons. The van der Waals surface area contributed by atoms with Crippen LogP contribution in [0.15, 0.2) is 41.2 Å². The maximum atomic E-state index is 14.0. The highest BCUT2D eigenvalue weighted by Crippen LogP contribution is 2.34. The molecule has 8 heteroatoms. The third-order valence-corrected chi connectivity index (χ3v) is 5.07. The number of carbonyl (C=O) groups is 1. The molecule has 1 aromatic heterocycles. The molecule has 0 unspecified atom stereocenters. The summed E-state index contributed by atoms with van der Waals surface area (Å²) in [5, 5.41) is 9.30. The number of fused-ring (bicyclic) bond motifs is 3. The van der Waals surface area contributed by atoms with Crippen LogP contribution in [0.2, 0.25) is 0 Å². The number of nitriles is 1. The van der Waals surface area contributed by atoms with Gasteiger partial charge < -0.3 is 14.6 Å². The summed E-state index contributed by atoms with van der Waals surface area (Å²) in [5.74, 6) is -2.57. The molecule has 6 nitrogen and oxygen atoms in total. The van der Waals surface area contributed by atoms with E-state index in [2.05, 4.69) is 4.98 Å². The summed E-state index contributed by atoms with van der Waals surface area (Å²) in [4.78, 5) is 29.4. The number of amides is 1. The van der Waals surface area contributed by atoms with Gasteiger partial charge in [0.1, 0.15) is 0 Å². The predicted octanol–water partition coefficient (Wildman–Crippen LogP) is 3.02. The Labute approximate surface area is 163 Å². The van der Waals surface area contributed by atoms with Crippen molar-refractivity contribution in [2.75, 3.05) is 13.7 Å². The normalized spacial score (nSPS) is 15.6. The van der Waals surface area contributed by atoms with E-state index in [9.17, 15) is 18.4 Å². The van der Waals surface area contributed by atoms with E-state index in [0.29, 0.717) is 22.4 Å². The van der Waals surface area contributed by atoms with Crippen LogP contribution in [-0.4, -0.2) is 29.4 Å². The lowest BCUT2D eigenvalue weighted by atomic mass is 9.95. The van der Waals surface area contributed by atoms with Gasteiger partial charge in [0.15, 0.2) is 11.6 Å². The second kappa shape index (κ2) is 7.11. The molecule has 0 aliphatic carbocycles. The Morgan fingerprint density at radius 3 is 2.69 bits per heavy atom. The number of benzene rings is 2. The molecule has 0 bridgehead atoms. The van der Waals surface area contributed by atoms with Crippen molar-refractivity contribution >= 4 is 16.7 Å². The smallest absolute Gasteiger partial charge is 0.256 e. The summed E-state index contributed by atoms with van der Waals surface area (Å²) in [6.45, 7) is 0.204. The summed E-state index contributed by atoms with van der Waals surface area (Å²) in [5.41, 5.74) is 1.02. The van der Waals surface area contributed by atoms with Crippen molar-refractivity contribution in [2.24, 2.45) is 0 Å². The molecule has 0 fully saturated rings. The third-order valence-electron chi connectivity index (χ3n) is 5.07. The molecule has 1 aliphatic rings. The zero-order valence-corrected chi connectivity index (χ0v) is 15.3. The first kappa shape index (κ1) is 18.8. The SMILES string of the molecule is CN(C(=O)c1cccc(C#N)c1)[C@H]1COCc2[nH]c(=O)c3cc(F)c(F)cc3c21. The number of hydrogen-bond donors (Lipinski definition) is 1. The van der Waals surface area contributed by atoms with Gasteiger partial charge in [-0.05, 0) is 35.7 Å². The molecule has 1 N–H and O–H groups in total. The zero-order chi connectivity index (χ0) is 20.7. The molecular formula is C21H15F2N3O3. The number of likely N-dealkylation sites (N-methyl/N-ethyl adjacent to an activating group) is 1. The molecule has 2 aromatic carbocycles. The molecule has 3 aromatic rings. The first-order chi connectivity index (χ1) is 13.9. The molecule has 1 aliphatic heterocycles. The number of rotatable bonds is 2. The van der Waals surface area contributed by atoms with Crippen LogP contribution in [0.1, 0.15) is 33.2 Å². The van der Waals surface area contributed by atoms with Gasteiger partial charge in [-0.25, -0.2) is 8.78 Å². The largest absolute Gasteiger partial charge is 0.373 e. The fraction of sp³-hybridized carbons (Fsp3) is 0.190. The number of ether oxygens (including phenoxy) is 1. The monoisotopic (exact) mass is 395 g/mol. The number of aromatic nitrogens is 1. The van der Waals surface area contributed by atoms with Gasteiger partial charge >= 0.3 is 0 Å². The van der Waals surface area contributed by atoms with Gasteiger partial charge in [-0.2, -0.15) is 5.26 Å². The van der Waals surface area contributed by atoms with Crippen molar-refractivity contribution < 1.29 is 18.3 Å². The second-order valence-corrected chi connectivity index (χ2v) is 6.80. The first-order valence-corrected chi connectivity index (χ1v) is 8.79. The van der Waals surface area contributed by atoms with Crippen LogP contribution in [0.25, 0.3) is 10.8 Å². The van der Waals surface area contributed by atoms with E-state index in [4.69, 9.17) is 10.00 Å². The van der Waals surface area contributed by atoms with Gasteiger partial charge in [-0.3, -0.25) is 9.59 Å². The molecular weight excluding hydrogens is 380 g/mol. The Bertz CT molecular complexity index is 1250. The molecule has 0 spiro atoms. The zero-order valence-electron chi connectivity index (χ0n) is 15.3. The Kier molecular flexibility index (Phi) is 4.60. The Morgan fingerprint density at radius 1 is 1.24 bits per heavy atom. The molecule has 4 rings (SSSR count). The lowest BCUT2D eigenvalue weighted by molar-refractivity contribution is 0.0335. The molecule has 0 saturated heterocycles. The first-order valence-electron chi connectivity index (χ1n) is 8.79. The van der Waals surface area contributed by atoms with Gasteiger partial charge in [0.25, 0.3) is 11.5 Å². The van der Waals surface area contributed by atoms with Crippen LogP contribution >= 0.6 is 0 Å². The van der Waals surface area contributed by atoms with Crippen LogP contribution in [0.4, 0.5) is 8.78 Å². The fourth-order valence-corrected chi connectivity index (χ4v) is 3.61.